The number of nitrogens with one attached hydrogen (secondary N) is 1. The molecular formula is C21H24N4OS. The van der Waals surface area contributed by atoms with Gasteiger partial charge in [0.2, 0.25) is 5.13 Å². The summed E-state index contributed by atoms with van der Waals surface area (Å²) in [6.45, 7) is 8.06. The second-order valence-corrected chi connectivity index (χ2v) is 7.05. The van der Waals surface area contributed by atoms with Gasteiger partial charge in [0, 0.05) is 41.4 Å². The molecule has 1 heterocycles. The monoisotopic (exact) mass is 380 g/mol. The van der Waals surface area contributed by atoms with Crippen LogP contribution in [0.25, 0.3) is 11.3 Å². The second-order valence-electron chi connectivity index (χ2n) is 6.19. The molecule has 0 unspecified atom stereocenters. The van der Waals surface area contributed by atoms with Crippen molar-refractivity contribution in [2.75, 3.05) is 23.4 Å². The van der Waals surface area contributed by atoms with E-state index in [1.54, 1.807) is 12.3 Å². The van der Waals surface area contributed by atoms with Crippen LogP contribution in [0.1, 0.15) is 25.0 Å². The maximum Gasteiger partial charge on any atom is 0.203 e. The molecule has 0 atom stereocenters. The highest BCUT2D eigenvalue weighted by atomic mass is 32.1. The normalized spacial score (nSPS) is 11.1. The van der Waals surface area contributed by atoms with E-state index in [1.807, 2.05) is 17.5 Å². The summed E-state index contributed by atoms with van der Waals surface area (Å²) in [6, 6.07) is 13.9. The fourth-order valence-corrected chi connectivity index (χ4v) is 3.43. The molecule has 6 heteroatoms. The van der Waals surface area contributed by atoms with E-state index in [2.05, 4.69) is 65.4 Å². The number of anilines is 2. The van der Waals surface area contributed by atoms with Crippen molar-refractivity contribution >= 4 is 28.4 Å². The highest BCUT2D eigenvalue weighted by Crippen LogP contribution is 2.26. The number of aromatic hydroxyl groups is 1. The Morgan fingerprint density at radius 3 is 2.56 bits per heavy atom. The van der Waals surface area contributed by atoms with Gasteiger partial charge in [0.25, 0.3) is 0 Å². The van der Waals surface area contributed by atoms with Crippen molar-refractivity contribution in [1.82, 2.24) is 4.98 Å². The van der Waals surface area contributed by atoms with Gasteiger partial charge >= 0.3 is 0 Å². The minimum absolute atomic E-state index is 0.212. The Morgan fingerprint density at radius 2 is 1.89 bits per heavy atom. The van der Waals surface area contributed by atoms with Crippen LogP contribution in [-0.2, 0) is 0 Å². The number of hydrogen-bond acceptors (Lipinski definition) is 6. The molecule has 0 aliphatic heterocycles. The number of aryl methyl sites for hydroxylation is 1. The third kappa shape index (κ3) is 4.65. The number of phenolic OH excluding ortho intramolecular Hbond substituents is 1. The average Bonchev–Trinajstić information content (AvgIpc) is 3.14. The Hall–Kier alpha value is -2.86. The van der Waals surface area contributed by atoms with Crippen LogP contribution in [0.3, 0.4) is 0 Å². The van der Waals surface area contributed by atoms with Gasteiger partial charge in [-0.05, 0) is 32.9 Å². The molecule has 0 fully saturated rings. The van der Waals surface area contributed by atoms with Gasteiger partial charge in [-0.3, -0.25) is 5.43 Å². The minimum Gasteiger partial charge on any atom is -0.507 e. The summed E-state index contributed by atoms with van der Waals surface area (Å²) in [6.07, 6.45) is 1.61. The second kappa shape index (κ2) is 8.68. The summed E-state index contributed by atoms with van der Waals surface area (Å²) in [5, 5.41) is 17.2. The Bertz CT molecular complexity index is 914. The van der Waals surface area contributed by atoms with E-state index in [9.17, 15) is 5.11 Å². The molecule has 3 aromatic rings. The maximum absolute atomic E-state index is 10.2. The van der Waals surface area contributed by atoms with Gasteiger partial charge in [0.05, 0.1) is 11.9 Å². The van der Waals surface area contributed by atoms with Crippen molar-refractivity contribution in [3.63, 3.8) is 0 Å². The van der Waals surface area contributed by atoms with Crippen LogP contribution in [0.4, 0.5) is 10.8 Å². The lowest BCUT2D eigenvalue weighted by Gasteiger charge is -2.21. The molecular weight excluding hydrogens is 356 g/mol. The third-order valence-electron chi connectivity index (χ3n) is 4.36. The highest BCUT2D eigenvalue weighted by molar-refractivity contribution is 7.14. The lowest BCUT2D eigenvalue weighted by Crippen LogP contribution is -2.21. The van der Waals surface area contributed by atoms with Gasteiger partial charge in [0.15, 0.2) is 0 Å². The molecule has 0 aliphatic rings. The minimum atomic E-state index is 0.212. The van der Waals surface area contributed by atoms with Crippen LogP contribution in [0, 0.1) is 6.92 Å². The molecule has 1 aromatic heterocycles. The summed E-state index contributed by atoms with van der Waals surface area (Å²) >= 11 is 1.50. The molecule has 0 radical (unpaired) electrons. The first-order valence-electron chi connectivity index (χ1n) is 9.00. The van der Waals surface area contributed by atoms with Gasteiger partial charge in [0.1, 0.15) is 5.75 Å². The molecule has 0 amide bonds. The van der Waals surface area contributed by atoms with E-state index in [1.165, 1.54) is 16.9 Å². The standard InChI is InChI=1S/C21H24N4OS/c1-4-25(5-2)18-11-10-17(20(26)12-18)13-22-24-21-23-19(14-27-21)16-8-6-15(3)7-9-16/h6-14,26H,4-5H2,1-3H3,(H,23,24)/b22-13+. The van der Waals surface area contributed by atoms with E-state index in [0.717, 1.165) is 30.0 Å². The molecule has 0 spiro atoms. The predicted octanol–water partition coefficient (Wildman–Crippen LogP) is 5.12. The molecule has 3 rings (SSSR count). The number of rotatable bonds is 7. The van der Waals surface area contributed by atoms with E-state index in [0.29, 0.717) is 10.7 Å². The van der Waals surface area contributed by atoms with Gasteiger partial charge < -0.3 is 10.0 Å². The lowest BCUT2D eigenvalue weighted by atomic mass is 10.1. The Kier molecular flexibility index (Phi) is 6.08. The number of benzene rings is 2. The Balaban J connectivity index is 1.66. The summed E-state index contributed by atoms with van der Waals surface area (Å²) < 4.78 is 0. The number of aromatic nitrogens is 1. The zero-order valence-corrected chi connectivity index (χ0v) is 16.6. The first kappa shape index (κ1) is 18.9. The molecule has 0 bridgehead atoms. The number of hydrogen-bond donors (Lipinski definition) is 2. The topological polar surface area (TPSA) is 60.8 Å². The summed E-state index contributed by atoms with van der Waals surface area (Å²) in [7, 11) is 0. The Morgan fingerprint density at radius 1 is 1.15 bits per heavy atom. The molecule has 2 aromatic carbocycles. The van der Waals surface area contributed by atoms with E-state index < -0.39 is 0 Å². The number of phenols is 1. The fraction of sp³-hybridized carbons (Fsp3) is 0.238. The quantitative estimate of drug-likeness (QED) is 0.441. The number of hydrazone groups is 1. The SMILES string of the molecule is CCN(CC)c1ccc(/C=N/Nc2nc(-c3ccc(C)cc3)cs2)c(O)c1. The first-order valence-corrected chi connectivity index (χ1v) is 9.88. The van der Waals surface area contributed by atoms with E-state index in [-0.39, 0.29) is 5.75 Å². The van der Waals surface area contributed by atoms with Crippen LogP contribution < -0.4 is 10.3 Å². The van der Waals surface area contributed by atoms with Crippen molar-refractivity contribution in [1.29, 1.82) is 0 Å². The van der Waals surface area contributed by atoms with E-state index >= 15 is 0 Å². The van der Waals surface area contributed by atoms with Gasteiger partial charge in [-0.25, -0.2) is 4.98 Å². The average molecular weight is 381 g/mol. The van der Waals surface area contributed by atoms with Crippen LogP contribution in [0.2, 0.25) is 0 Å². The highest BCUT2D eigenvalue weighted by Gasteiger charge is 2.06. The summed E-state index contributed by atoms with van der Waals surface area (Å²) in [4.78, 5) is 6.73. The molecule has 140 valence electrons. The number of nitrogens with zero attached hydrogens (tertiary/aromatic N) is 3. The van der Waals surface area contributed by atoms with Crippen LogP contribution in [0.15, 0.2) is 52.9 Å². The zero-order valence-electron chi connectivity index (χ0n) is 15.8. The largest absolute Gasteiger partial charge is 0.507 e. The molecule has 0 saturated heterocycles. The maximum atomic E-state index is 10.2. The molecule has 0 saturated carbocycles. The van der Waals surface area contributed by atoms with Crippen LogP contribution in [-0.4, -0.2) is 29.4 Å². The van der Waals surface area contributed by atoms with Gasteiger partial charge in [-0.2, -0.15) is 5.10 Å². The summed E-state index contributed by atoms with van der Waals surface area (Å²) in [5.74, 6) is 0.212. The smallest absolute Gasteiger partial charge is 0.203 e. The predicted molar refractivity (Wildman–Crippen MR) is 115 cm³/mol. The molecule has 5 nitrogen and oxygen atoms in total. The molecule has 27 heavy (non-hydrogen) atoms. The van der Waals surface area contributed by atoms with Gasteiger partial charge in [-0.15, -0.1) is 11.3 Å². The van der Waals surface area contributed by atoms with Gasteiger partial charge in [-0.1, -0.05) is 29.8 Å². The van der Waals surface area contributed by atoms with Crippen molar-refractivity contribution in [3.8, 4) is 17.0 Å². The van der Waals surface area contributed by atoms with E-state index in [4.69, 9.17) is 0 Å². The summed E-state index contributed by atoms with van der Waals surface area (Å²) in [5.41, 5.74) is 7.83. The zero-order chi connectivity index (χ0) is 19.2. The molecule has 0 aliphatic carbocycles. The number of thiazole rings is 1. The van der Waals surface area contributed by atoms with Crippen molar-refractivity contribution in [2.24, 2.45) is 5.10 Å². The van der Waals surface area contributed by atoms with Crippen molar-refractivity contribution in [2.45, 2.75) is 20.8 Å². The third-order valence-corrected chi connectivity index (χ3v) is 5.10. The van der Waals surface area contributed by atoms with Crippen LogP contribution in [0.5, 0.6) is 5.75 Å². The fourth-order valence-electron chi connectivity index (χ4n) is 2.77. The lowest BCUT2D eigenvalue weighted by molar-refractivity contribution is 0.474. The molecule has 2 N–H and O–H groups in total. The Labute approximate surface area is 164 Å². The van der Waals surface area contributed by atoms with Crippen LogP contribution >= 0.6 is 11.3 Å². The van der Waals surface area contributed by atoms with Crippen molar-refractivity contribution in [3.05, 3.63) is 59.0 Å². The first-order chi connectivity index (χ1) is 13.1. The van der Waals surface area contributed by atoms with Crippen molar-refractivity contribution < 1.29 is 5.11 Å².